The second-order valence-electron chi connectivity index (χ2n) is 5.75. The van der Waals surface area contributed by atoms with E-state index in [1.807, 2.05) is 18.3 Å². The molecule has 18 heavy (non-hydrogen) atoms. The predicted octanol–water partition coefficient (Wildman–Crippen LogP) is 2.72. The standard InChI is InChI=1S/C15H24N2O/c1-5-18-14-10-13(15(14,2)3)17(4)11-12-8-6-7-9-16-12/h6-9,13-14H,5,10-11H2,1-4H3/t13-,14-/m0/s1. The number of pyridine rings is 1. The van der Waals surface area contributed by atoms with E-state index in [1.54, 1.807) is 0 Å². The Morgan fingerprint density at radius 1 is 1.44 bits per heavy atom. The van der Waals surface area contributed by atoms with Crippen molar-refractivity contribution in [1.29, 1.82) is 0 Å². The molecule has 1 aromatic rings. The average molecular weight is 248 g/mol. The zero-order chi connectivity index (χ0) is 13.2. The quantitative estimate of drug-likeness (QED) is 0.801. The second-order valence-corrected chi connectivity index (χ2v) is 5.75. The van der Waals surface area contributed by atoms with Crippen molar-refractivity contribution in [2.45, 2.75) is 45.9 Å². The number of hydrogen-bond donors (Lipinski definition) is 0. The number of nitrogens with zero attached hydrogens (tertiary/aromatic N) is 2. The van der Waals surface area contributed by atoms with Gasteiger partial charge in [-0.05, 0) is 32.5 Å². The zero-order valence-electron chi connectivity index (χ0n) is 11.9. The third kappa shape index (κ3) is 2.57. The first kappa shape index (κ1) is 13.5. The van der Waals surface area contributed by atoms with Crippen molar-refractivity contribution in [2.75, 3.05) is 13.7 Å². The van der Waals surface area contributed by atoms with E-state index in [0.29, 0.717) is 12.1 Å². The van der Waals surface area contributed by atoms with Crippen LogP contribution < -0.4 is 0 Å². The van der Waals surface area contributed by atoms with E-state index in [4.69, 9.17) is 4.74 Å². The molecule has 1 heterocycles. The van der Waals surface area contributed by atoms with E-state index < -0.39 is 0 Å². The second kappa shape index (κ2) is 5.37. The van der Waals surface area contributed by atoms with Gasteiger partial charge in [0.2, 0.25) is 0 Å². The highest BCUT2D eigenvalue weighted by Gasteiger charge is 2.50. The Bertz CT molecular complexity index is 377. The summed E-state index contributed by atoms with van der Waals surface area (Å²) in [6.07, 6.45) is 3.39. The molecule has 1 saturated carbocycles. The molecule has 1 aliphatic carbocycles. The van der Waals surface area contributed by atoms with Gasteiger partial charge < -0.3 is 4.74 Å². The Balaban J connectivity index is 1.93. The topological polar surface area (TPSA) is 25.4 Å². The van der Waals surface area contributed by atoms with Gasteiger partial charge in [0.05, 0.1) is 11.8 Å². The van der Waals surface area contributed by atoms with E-state index in [1.165, 1.54) is 0 Å². The van der Waals surface area contributed by atoms with Crippen molar-refractivity contribution in [3.05, 3.63) is 30.1 Å². The molecule has 3 heteroatoms. The number of hydrogen-bond acceptors (Lipinski definition) is 3. The van der Waals surface area contributed by atoms with Crippen molar-refractivity contribution in [3.8, 4) is 0 Å². The Labute approximate surface area is 110 Å². The van der Waals surface area contributed by atoms with Crippen molar-refractivity contribution in [1.82, 2.24) is 9.88 Å². The lowest BCUT2D eigenvalue weighted by molar-refractivity contribution is -0.146. The van der Waals surface area contributed by atoms with Crippen molar-refractivity contribution >= 4 is 0 Å². The molecule has 100 valence electrons. The van der Waals surface area contributed by atoms with E-state index in [2.05, 4.69) is 43.8 Å². The molecule has 1 aliphatic rings. The zero-order valence-corrected chi connectivity index (χ0v) is 11.9. The summed E-state index contributed by atoms with van der Waals surface area (Å²) in [6.45, 7) is 8.40. The lowest BCUT2D eigenvalue weighted by atomic mass is 9.64. The summed E-state index contributed by atoms with van der Waals surface area (Å²) in [5.41, 5.74) is 1.37. The normalized spacial score (nSPS) is 26.1. The summed E-state index contributed by atoms with van der Waals surface area (Å²) in [6, 6.07) is 6.67. The molecule has 0 aromatic carbocycles. The van der Waals surface area contributed by atoms with E-state index >= 15 is 0 Å². The molecule has 0 unspecified atom stereocenters. The van der Waals surface area contributed by atoms with Crippen LogP contribution in [-0.2, 0) is 11.3 Å². The lowest BCUT2D eigenvalue weighted by Gasteiger charge is -2.55. The minimum absolute atomic E-state index is 0.236. The summed E-state index contributed by atoms with van der Waals surface area (Å²) in [5, 5.41) is 0. The van der Waals surface area contributed by atoms with Gasteiger partial charge in [0, 0.05) is 30.8 Å². The first-order valence-corrected chi connectivity index (χ1v) is 6.77. The van der Waals surface area contributed by atoms with Crippen LogP contribution in [0.3, 0.4) is 0 Å². The summed E-state index contributed by atoms with van der Waals surface area (Å²) in [7, 11) is 2.18. The maximum atomic E-state index is 5.78. The van der Waals surface area contributed by atoms with Gasteiger partial charge in [0.25, 0.3) is 0 Å². The van der Waals surface area contributed by atoms with Crippen LogP contribution in [-0.4, -0.2) is 35.7 Å². The summed E-state index contributed by atoms with van der Waals surface area (Å²) < 4.78 is 5.78. The highest BCUT2D eigenvalue weighted by molar-refractivity contribution is 5.07. The highest BCUT2D eigenvalue weighted by atomic mass is 16.5. The van der Waals surface area contributed by atoms with E-state index in [-0.39, 0.29) is 5.41 Å². The van der Waals surface area contributed by atoms with Crippen LogP contribution >= 0.6 is 0 Å². The molecular formula is C15H24N2O. The Morgan fingerprint density at radius 2 is 2.22 bits per heavy atom. The predicted molar refractivity (Wildman–Crippen MR) is 73.3 cm³/mol. The van der Waals surface area contributed by atoms with Gasteiger partial charge in [-0.1, -0.05) is 19.9 Å². The Hall–Kier alpha value is -0.930. The molecule has 0 radical (unpaired) electrons. The molecule has 3 nitrogen and oxygen atoms in total. The average Bonchev–Trinajstić information content (AvgIpc) is 2.35. The van der Waals surface area contributed by atoms with Crippen LogP contribution in [0, 0.1) is 5.41 Å². The molecule has 2 rings (SSSR count). The van der Waals surface area contributed by atoms with Crippen LogP contribution in [0.4, 0.5) is 0 Å². The van der Waals surface area contributed by atoms with E-state index in [9.17, 15) is 0 Å². The third-order valence-corrected chi connectivity index (χ3v) is 4.16. The van der Waals surface area contributed by atoms with Gasteiger partial charge in [0.15, 0.2) is 0 Å². The van der Waals surface area contributed by atoms with Crippen LogP contribution in [0.2, 0.25) is 0 Å². The summed E-state index contributed by atoms with van der Waals surface area (Å²) >= 11 is 0. The fourth-order valence-electron chi connectivity index (χ4n) is 2.95. The van der Waals surface area contributed by atoms with Crippen LogP contribution in [0.25, 0.3) is 0 Å². The SMILES string of the molecule is CCO[C@H]1C[C@H](N(C)Cc2ccccn2)C1(C)C. The Morgan fingerprint density at radius 3 is 2.78 bits per heavy atom. The number of aromatic nitrogens is 1. The molecule has 1 aromatic heterocycles. The molecular weight excluding hydrogens is 224 g/mol. The summed E-state index contributed by atoms with van der Waals surface area (Å²) in [5.74, 6) is 0. The van der Waals surface area contributed by atoms with Crippen molar-refractivity contribution in [3.63, 3.8) is 0 Å². The fraction of sp³-hybridized carbons (Fsp3) is 0.667. The number of rotatable bonds is 5. The molecule has 0 N–H and O–H groups in total. The van der Waals surface area contributed by atoms with Crippen LogP contribution in [0.5, 0.6) is 0 Å². The summed E-state index contributed by atoms with van der Waals surface area (Å²) in [4.78, 5) is 6.79. The fourth-order valence-corrected chi connectivity index (χ4v) is 2.95. The van der Waals surface area contributed by atoms with Crippen molar-refractivity contribution in [2.24, 2.45) is 5.41 Å². The molecule has 0 amide bonds. The monoisotopic (exact) mass is 248 g/mol. The van der Waals surface area contributed by atoms with Crippen LogP contribution in [0.1, 0.15) is 32.9 Å². The van der Waals surface area contributed by atoms with Crippen LogP contribution in [0.15, 0.2) is 24.4 Å². The van der Waals surface area contributed by atoms with Gasteiger partial charge in [-0.25, -0.2) is 0 Å². The first-order valence-electron chi connectivity index (χ1n) is 6.77. The smallest absolute Gasteiger partial charge is 0.0655 e. The first-order chi connectivity index (χ1) is 8.55. The Kier molecular flexibility index (Phi) is 4.03. The van der Waals surface area contributed by atoms with Gasteiger partial charge in [-0.3, -0.25) is 9.88 Å². The molecule has 0 spiro atoms. The maximum absolute atomic E-state index is 5.78. The molecule has 1 fully saturated rings. The molecule has 0 aliphatic heterocycles. The minimum Gasteiger partial charge on any atom is -0.378 e. The van der Waals surface area contributed by atoms with E-state index in [0.717, 1.165) is 25.3 Å². The highest BCUT2D eigenvalue weighted by Crippen LogP contribution is 2.45. The van der Waals surface area contributed by atoms with Crippen molar-refractivity contribution < 1.29 is 4.74 Å². The largest absolute Gasteiger partial charge is 0.378 e. The molecule has 0 saturated heterocycles. The number of ether oxygens (including phenoxy) is 1. The van der Waals surface area contributed by atoms with Gasteiger partial charge in [0.1, 0.15) is 0 Å². The third-order valence-electron chi connectivity index (χ3n) is 4.16. The van der Waals surface area contributed by atoms with Gasteiger partial charge in [-0.15, -0.1) is 0 Å². The molecule has 0 bridgehead atoms. The molecule has 2 atom stereocenters. The maximum Gasteiger partial charge on any atom is 0.0655 e. The minimum atomic E-state index is 0.236. The lowest BCUT2D eigenvalue weighted by Crippen LogP contribution is -2.61. The van der Waals surface area contributed by atoms with Gasteiger partial charge >= 0.3 is 0 Å². The van der Waals surface area contributed by atoms with Gasteiger partial charge in [-0.2, -0.15) is 0 Å².